The summed E-state index contributed by atoms with van der Waals surface area (Å²) in [6.45, 7) is 9.23. The standard InChI is InChI=1S/C19H27N3O4/c1-12(2)25-16-11-20-9-8-15(16)22-17(23)13-6-7-14(10-13)21-18(24)26-19(3,4)5/h6-9,11-14H,10H2,1-5H3,(H,21,24)(H,20,22,23)/t13-,14+/m0/s1. The quantitative estimate of drug-likeness (QED) is 0.786. The summed E-state index contributed by atoms with van der Waals surface area (Å²) in [5, 5.41) is 5.63. The molecular formula is C19H27N3O4. The van der Waals surface area contributed by atoms with E-state index in [1.54, 1.807) is 45.3 Å². The molecule has 1 aliphatic carbocycles. The first-order valence-corrected chi connectivity index (χ1v) is 8.73. The van der Waals surface area contributed by atoms with Crippen LogP contribution in [-0.4, -0.2) is 34.7 Å². The van der Waals surface area contributed by atoms with Crippen LogP contribution in [0.5, 0.6) is 5.75 Å². The van der Waals surface area contributed by atoms with Gasteiger partial charge in [0.2, 0.25) is 5.91 Å². The normalized spacial score (nSPS) is 19.3. The molecule has 7 nitrogen and oxygen atoms in total. The largest absolute Gasteiger partial charge is 0.487 e. The predicted octanol–water partition coefficient (Wildman–Crippen LogP) is 3.28. The zero-order valence-electron chi connectivity index (χ0n) is 15.9. The van der Waals surface area contributed by atoms with E-state index in [9.17, 15) is 9.59 Å². The molecule has 1 aromatic heterocycles. The lowest BCUT2D eigenvalue weighted by Crippen LogP contribution is -2.38. The number of amides is 2. The summed E-state index contributed by atoms with van der Waals surface area (Å²) in [7, 11) is 0. The Balaban J connectivity index is 1.91. The minimum absolute atomic E-state index is 0.0244. The highest BCUT2D eigenvalue weighted by Crippen LogP contribution is 2.26. The van der Waals surface area contributed by atoms with Crippen LogP contribution in [0.25, 0.3) is 0 Å². The Morgan fingerprint density at radius 1 is 1.27 bits per heavy atom. The molecule has 2 rings (SSSR count). The van der Waals surface area contributed by atoms with E-state index in [-0.39, 0.29) is 24.0 Å². The van der Waals surface area contributed by atoms with Gasteiger partial charge in [0.1, 0.15) is 5.60 Å². The van der Waals surface area contributed by atoms with E-state index in [0.717, 1.165) is 0 Å². The second-order valence-corrected chi connectivity index (χ2v) is 7.51. The number of rotatable bonds is 5. The third-order valence-electron chi connectivity index (χ3n) is 3.53. The van der Waals surface area contributed by atoms with Crippen LogP contribution in [0.3, 0.4) is 0 Å². The Bertz CT molecular complexity index is 680. The molecule has 1 aromatic rings. The van der Waals surface area contributed by atoms with Gasteiger partial charge in [-0.2, -0.15) is 0 Å². The second kappa shape index (κ2) is 8.21. The third kappa shape index (κ3) is 6.06. The van der Waals surface area contributed by atoms with Gasteiger partial charge in [-0.1, -0.05) is 12.2 Å². The summed E-state index contributed by atoms with van der Waals surface area (Å²) in [6, 6.07) is 1.47. The van der Waals surface area contributed by atoms with Gasteiger partial charge >= 0.3 is 6.09 Å². The zero-order valence-corrected chi connectivity index (χ0v) is 15.9. The molecule has 0 unspecified atom stereocenters. The van der Waals surface area contributed by atoms with Crippen LogP contribution in [0.4, 0.5) is 10.5 Å². The van der Waals surface area contributed by atoms with Gasteiger partial charge in [-0.3, -0.25) is 9.78 Å². The minimum atomic E-state index is -0.558. The van der Waals surface area contributed by atoms with Gasteiger partial charge in [0, 0.05) is 6.20 Å². The highest BCUT2D eigenvalue weighted by molar-refractivity contribution is 5.95. The molecule has 0 radical (unpaired) electrons. The molecule has 1 heterocycles. The first kappa shape index (κ1) is 19.8. The zero-order chi connectivity index (χ0) is 19.3. The molecule has 7 heteroatoms. The lowest BCUT2D eigenvalue weighted by molar-refractivity contribution is -0.118. The fraction of sp³-hybridized carbons (Fsp3) is 0.526. The Hall–Kier alpha value is -2.57. The highest BCUT2D eigenvalue weighted by atomic mass is 16.6. The fourth-order valence-corrected chi connectivity index (χ4v) is 2.52. The summed E-state index contributed by atoms with van der Waals surface area (Å²) >= 11 is 0. The minimum Gasteiger partial charge on any atom is -0.487 e. The average molecular weight is 361 g/mol. The van der Waals surface area contributed by atoms with Gasteiger partial charge in [-0.25, -0.2) is 4.79 Å². The van der Waals surface area contributed by atoms with Gasteiger partial charge in [-0.05, 0) is 47.1 Å². The smallest absolute Gasteiger partial charge is 0.408 e. The number of aromatic nitrogens is 1. The molecule has 0 bridgehead atoms. The van der Waals surface area contributed by atoms with Crippen LogP contribution in [0.15, 0.2) is 30.6 Å². The molecule has 142 valence electrons. The summed E-state index contributed by atoms with van der Waals surface area (Å²) in [5.74, 6) is 0.0332. The van der Waals surface area contributed by atoms with Crippen LogP contribution in [0.2, 0.25) is 0 Å². The van der Waals surface area contributed by atoms with E-state index in [1.807, 2.05) is 19.9 Å². The first-order chi connectivity index (χ1) is 12.1. The topological polar surface area (TPSA) is 89.5 Å². The van der Waals surface area contributed by atoms with Gasteiger partial charge in [0.15, 0.2) is 5.75 Å². The molecule has 0 spiro atoms. The molecule has 0 aromatic carbocycles. The van der Waals surface area contributed by atoms with Crippen molar-refractivity contribution in [1.29, 1.82) is 0 Å². The molecule has 0 aliphatic heterocycles. The number of nitrogens with one attached hydrogen (secondary N) is 2. The highest BCUT2D eigenvalue weighted by Gasteiger charge is 2.28. The number of pyridine rings is 1. The van der Waals surface area contributed by atoms with Crippen LogP contribution in [0, 0.1) is 5.92 Å². The monoisotopic (exact) mass is 361 g/mol. The molecule has 2 amide bonds. The number of anilines is 1. The Labute approximate surface area is 154 Å². The SMILES string of the molecule is CC(C)Oc1cnccc1NC(=O)[C@H]1C=C[C@@H](NC(=O)OC(C)(C)C)C1. The van der Waals surface area contributed by atoms with Crippen molar-refractivity contribution in [2.45, 2.75) is 58.8 Å². The molecule has 0 saturated carbocycles. The van der Waals surface area contributed by atoms with E-state index >= 15 is 0 Å². The van der Waals surface area contributed by atoms with Crippen molar-refractivity contribution in [3.05, 3.63) is 30.6 Å². The molecule has 26 heavy (non-hydrogen) atoms. The Kier molecular flexibility index (Phi) is 6.23. The second-order valence-electron chi connectivity index (χ2n) is 7.51. The van der Waals surface area contributed by atoms with Gasteiger partial charge in [0.05, 0.1) is 29.9 Å². The van der Waals surface area contributed by atoms with Crippen molar-refractivity contribution in [1.82, 2.24) is 10.3 Å². The van der Waals surface area contributed by atoms with E-state index in [0.29, 0.717) is 17.9 Å². The number of ether oxygens (including phenoxy) is 2. The number of carbonyl (C=O) groups excluding carboxylic acids is 2. The van der Waals surface area contributed by atoms with E-state index in [2.05, 4.69) is 15.6 Å². The Morgan fingerprint density at radius 3 is 2.65 bits per heavy atom. The van der Waals surface area contributed by atoms with Crippen molar-refractivity contribution < 1.29 is 19.1 Å². The maximum atomic E-state index is 12.5. The van der Waals surface area contributed by atoms with Crippen molar-refractivity contribution in [2.75, 3.05) is 5.32 Å². The lowest BCUT2D eigenvalue weighted by atomic mass is 10.1. The van der Waals surface area contributed by atoms with Gasteiger partial charge in [-0.15, -0.1) is 0 Å². The van der Waals surface area contributed by atoms with E-state index in [1.165, 1.54) is 0 Å². The molecule has 2 N–H and O–H groups in total. The molecular weight excluding hydrogens is 334 g/mol. The average Bonchev–Trinajstić information content (AvgIpc) is 2.95. The van der Waals surface area contributed by atoms with Crippen molar-refractivity contribution in [2.24, 2.45) is 5.92 Å². The van der Waals surface area contributed by atoms with Gasteiger partial charge < -0.3 is 20.1 Å². The fourth-order valence-electron chi connectivity index (χ4n) is 2.52. The molecule has 0 fully saturated rings. The van der Waals surface area contributed by atoms with Crippen molar-refractivity contribution in [3.8, 4) is 5.75 Å². The summed E-state index contributed by atoms with van der Waals surface area (Å²) in [5.41, 5.74) is 0.0211. The van der Waals surface area contributed by atoms with Crippen LogP contribution in [-0.2, 0) is 9.53 Å². The molecule has 1 aliphatic rings. The molecule has 0 saturated heterocycles. The number of nitrogens with zero attached hydrogens (tertiary/aromatic N) is 1. The van der Waals surface area contributed by atoms with Crippen LogP contribution >= 0.6 is 0 Å². The lowest BCUT2D eigenvalue weighted by Gasteiger charge is -2.21. The third-order valence-corrected chi connectivity index (χ3v) is 3.53. The van der Waals surface area contributed by atoms with Crippen LogP contribution < -0.4 is 15.4 Å². The molecule has 2 atom stereocenters. The van der Waals surface area contributed by atoms with Crippen molar-refractivity contribution in [3.63, 3.8) is 0 Å². The van der Waals surface area contributed by atoms with E-state index in [4.69, 9.17) is 9.47 Å². The first-order valence-electron chi connectivity index (χ1n) is 8.73. The maximum Gasteiger partial charge on any atom is 0.408 e. The van der Waals surface area contributed by atoms with E-state index < -0.39 is 11.7 Å². The number of hydrogen-bond acceptors (Lipinski definition) is 5. The number of alkyl carbamates (subject to hydrolysis) is 1. The van der Waals surface area contributed by atoms with Gasteiger partial charge in [0.25, 0.3) is 0 Å². The van der Waals surface area contributed by atoms with Crippen LogP contribution in [0.1, 0.15) is 41.0 Å². The summed E-state index contributed by atoms with van der Waals surface area (Å²) in [4.78, 5) is 28.4. The predicted molar refractivity (Wildman–Crippen MR) is 99.0 cm³/mol. The Morgan fingerprint density at radius 2 is 2.00 bits per heavy atom. The summed E-state index contributed by atoms with van der Waals surface area (Å²) in [6.07, 6.45) is 6.75. The maximum absolute atomic E-state index is 12.5. The van der Waals surface area contributed by atoms with Crippen molar-refractivity contribution >= 4 is 17.7 Å². The number of carbonyl (C=O) groups is 2. The summed E-state index contributed by atoms with van der Waals surface area (Å²) < 4.78 is 10.9. The number of hydrogen-bond donors (Lipinski definition) is 2.